The Labute approximate surface area is 125 Å². The van der Waals surface area contributed by atoms with Gasteiger partial charge in [0.2, 0.25) is 5.91 Å². The number of nitrogens with two attached hydrogens (primary N) is 1. The number of nitrogens with zero attached hydrogens (tertiary/aromatic N) is 1. The number of likely N-dealkylation sites (tertiary alicyclic amines) is 1. The Morgan fingerprint density at radius 2 is 2.10 bits per heavy atom. The van der Waals surface area contributed by atoms with Crippen LogP contribution in [-0.2, 0) is 4.79 Å². The van der Waals surface area contributed by atoms with Gasteiger partial charge in [0, 0.05) is 30.2 Å². The average molecular weight is 296 g/mol. The van der Waals surface area contributed by atoms with Crippen molar-refractivity contribution in [1.29, 1.82) is 0 Å². The molecular weight excluding hydrogens is 274 g/mol. The van der Waals surface area contributed by atoms with Crippen LogP contribution in [0.15, 0.2) is 24.3 Å². The zero-order valence-corrected chi connectivity index (χ0v) is 12.6. The minimum atomic E-state index is -0.249. The van der Waals surface area contributed by atoms with Crippen molar-refractivity contribution in [2.75, 3.05) is 19.6 Å². The van der Waals surface area contributed by atoms with Gasteiger partial charge in [-0.15, -0.1) is 0 Å². The number of carbonyl (C=O) groups is 1. The first-order valence-corrected chi connectivity index (χ1v) is 7.45. The molecule has 0 radical (unpaired) electrons. The summed E-state index contributed by atoms with van der Waals surface area (Å²) in [4.78, 5) is 13.0. The van der Waals surface area contributed by atoms with Crippen LogP contribution in [0.2, 0.25) is 5.02 Å². The van der Waals surface area contributed by atoms with Gasteiger partial charge < -0.3 is 11.1 Å². The molecule has 0 aliphatic carbocycles. The number of amides is 1. The first kappa shape index (κ1) is 15.3. The lowest BCUT2D eigenvalue weighted by Crippen LogP contribution is -2.45. The smallest absolute Gasteiger partial charge is 0.231 e. The third-order valence-corrected chi connectivity index (χ3v) is 4.17. The molecule has 1 aliphatic heterocycles. The van der Waals surface area contributed by atoms with E-state index in [4.69, 9.17) is 17.3 Å². The van der Waals surface area contributed by atoms with Gasteiger partial charge in [0.1, 0.15) is 0 Å². The van der Waals surface area contributed by atoms with Crippen molar-refractivity contribution in [1.82, 2.24) is 10.2 Å². The number of nitrogens with one attached hydrogen (secondary N) is 1. The van der Waals surface area contributed by atoms with Gasteiger partial charge in [-0.2, -0.15) is 0 Å². The van der Waals surface area contributed by atoms with Crippen molar-refractivity contribution in [2.45, 2.75) is 31.8 Å². The van der Waals surface area contributed by atoms with Gasteiger partial charge in [-0.05, 0) is 31.4 Å². The molecule has 3 N–H and O–H groups in total. The summed E-state index contributed by atoms with van der Waals surface area (Å²) in [6, 6.07) is 8.63. The number of benzene rings is 1. The molecular formula is C15H22ClN3O. The highest BCUT2D eigenvalue weighted by atomic mass is 35.5. The van der Waals surface area contributed by atoms with Gasteiger partial charge in [-0.3, -0.25) is 9.69 Å². The second-order valence-electron chi connectivity index (χ2n) is 5.43. The van der Waals surface area contributed by atoms with Crippen LogP contribution in [0.5, 0.6) is 0 Å². The normalized spacial score (nSPS) is 18.9. The molecule has 2 rings (SSSR count). The van der Waals surface area contributed by atoms with E-state index in [-0.39, 0.29) is 11.9 Å². The summed E-state index contributed by atoms with van der Waals surface area (Å²) in [5.74, 6) is -0.249. The van der Waals surface area contributed by atoms with Crippen LogP contribution < -0.4 is 11.1 Å². The number of halogens is 1. The SMILES string of the molecule is CC(NC1CCN(CC(N)=O)CC1)c1ccccc1Cl. The van der Waals surface area contributed by atoms with Gasteiger partial charge in [0.25, 0.3) is 0 Å². The predicted molar refractivity (Wildman–Crippen MR) is 81.7 cm³/mol. The van der Waals surface area contributed by atoms with Gasteiger partial charge in [0.05, 0.1) is 6.54 Å². The predicted octanol–water partition coefficient (Wildman–Crippen LogP) is 1.94. The van der Waals surface area contributed by atoms with Crippen LogP contribution in [0.3, 0.4) is 0 Å². The largest absolute Gasteiger partial charge is 0.369 e. The van der Waals surface area contributed by atoms with Crippen LogP contribution in [0.1, 0.15) is 31.4 Å². The van der Waals surface area contributed by atoms with Crippen LogP contribution in [0.4, 0.5) is 0 Å². The van der Waals surface area contributed by atoms with Crippen LogP contribution in [-0.4, -0.2) is 36.5 Å². The second-order valence-corrected chi connectivity index (χ2v) is 5.83. The monoisotopic (exact) mass is 295 g/mol. The lowest BCUT2D eigenvalue weighted by molar-refractivity contribution is -0.119. The number of rotatable bonds is 5. The van der Waals surface area contributed by atoms with E-state index in [0.717, 1.165) is 36.5 Å². The summed E-state index contributed by atoms with van der Waals surface area (Å²) in [7, 11) is 0. The standard InChI is InChI=1S/C15H22ClN3O/c1-11(13-4-2-3-5-14(13)16)18-12-6-8-19(9-7-12)10-15(17)20/h2-5,11-12,18H,6-10H2,1H3,(H2,17,20). The minimum absolute atomic E-state index is 0.233. The van der Waals surface area contributed by atoms with Crippen LogP contribution in [0.25, 0.3) is 0 Å². The summed E-state index contributed by atoms with van der Waals surface area (Å²) in [6.45, 7) is 4.33. The van der Waals surface area contributed by atoms with Crippen molar-refractivity contribution in [3.63, 3.8) is 0 Å². The fourth-order valence-corrected chi connectivity index (χ4v) is 3.05. The molecule has 4 nitrogen and oxygen atoms in total. The van der Waals surface area contributed by atoms with E-state index in [1.165, 1.54) is 0 Å². The Kier molecular flexibility index (Phi) is 5.40. The third kappa shape index (κ3) is 4.20. The van der Waals surface area contributed by atoms with Crippen molar-refractivity contribution in [3.8, 4) is 0 Å². The molecule has 1 amide bonds. The zero-order chi connectivity index (χ0) is 14.5. The first-order chi connectivity index (χ1) is 9.56. The molecule has 1 aromatic rings. The number of hydrogen-bond acceptors (Lipinski definition) is 3. The molecule has 20 heavy (non-hydrogen) atoms. The highest BCUT2D eigenvalue weighted by Gasteiger charge is 2.22. The Bertz CT molecular complexity index is 458. The van der Waals surface area contributed by atoms with E-state index >= 15 is 0 Å². The molecule has 1 atom stereocenters. The number of hydrogen-bond donors (Lipinski definition) is 2. The lowest BCUT2D eigenvalue weighted by Gasteiger charge is -2.33. The van der Waals surface area contributed by atoms with E-state index in [1.54, 1.807) is 0 Å². The molecule has 1 saturated heterocycles. The van der Waals surface area contributed by atoms with Gasteiger partial charge in [0.15, 0.2) is 0 Å². The Hall–Kier alpha value is -1.10. The summed E-state index contributed by atoms with van der Waals surface area (Å²) in [6.07, 6.45) is 2.06. The molecule has 0 saturated carbocycles. The minimum Gasteiger partial charge on any atom is -0.369 e. The molecule has 0 aromatic heterocycles. The van der Waals surface area contributed by atoms with E-state index < -0.39 is 0 Å². The van der Waals surface area contributed by atoms with Gasteiger partial charge in [-0.25, -0.2) is 0 Å². The first-order valence-electron chi connectivity index (χ1n) is 7.07. The van der Waals surface area contributed by atoms with Crippen molar-refractivity contribution in [2.24, 2.45) is 5.73 Å². The highest BCUT2D eigenvalue weighted by Crippen LogP contribution is 2.23. The Morgan fingerprint density at radius 1 is 1.45 bits per heavy atom. The molecule has 1 fully saturated rings. The molecule has 1 aromatic carbocycles. The van der Waals surface area contributed by atoms with Crippen molar-refractivity contribution in [3.05, 3.63) is 34.9 Å². The molecule has 5 heteroatoms. The van der Waals surface area contributed by atoms with Crippen molar-refractivity contribution < 1.29 is 4.79 Å². The van der Waals surface area contributed by atoms with E-state index in [2.05, 4.69) is 23.2 Å². The maximum atomic E-state index is 10.9. The maximum Gasteiger partial charge on any atom is 0.231 e. The molecule has 1 heterocycles. The summed E-state index contributed by atoms with van der Waals surface area (Å²) in [5.41, 5.74) is 6.35. The fraction of sp³-hybridized carbons (Fsp3) is 0.533. The maximum absolute atomic E-state index is 10.9. The van der Waals surface area contributed by atoms with Gasteiger partial charge in [-0.1, -0.05) is 29.8 Å². The third-order valence-electron chi connectivity index (χ3n) is 3.82. The molecule has 0 bridgehead atoms. The van der Waals surface area contributed by atoms with Gasteiger partial charge >= 0.3 is 0 Å². The summed E-state index contributed by atoms with van der Waals surface area (Å²) in [5, 5.41) is 4.43. The van der Waals surface area contributed by atoms with Crippen LogP contribution >= 0.6 is 11.6 Å². The number of piperidine rings is 1. The molecule has 1 unspecified atom stereocenters. The van der Waals surface area contributed by atoms with Crippen LogP contribution in [0, 0.1) is 0 Å². The van der Waals surface area contributed by atoms with E-state index in [9.17, 15) is 4.79 Å². The number of carbonyl (C=O) groups excluding carboxylic acids is 1. The molecule has 110 valence electrons. The zero-order valence-electron chi connectivity index (χ0n) is 11.8. The topological polar surface area (TPSA) is 58.4 Å². The highest BCUT2D eigenvalue weighted by molar-refractivity contribution is 6.31. The summed E-state index contributed by atoms with van der Waals surface area (Å²) < 4.78 is 0. The molecule has 1 aliphatic rings. The van der Waals surface area contributed by atoms with Crippen molar-refractivity contribution >= 4 is 17.5 Å². The summed E-state index contributed by atoms with van der Waals surface area (Å²) >= 11 is 6.22. The Morgan fingerprint density at radius 3 is 2.70 bits per heavy atom. The average Bonchev–Trinajstić information content (AvgIpc) is 2.41. The number of primary amides is 1. The molecule has 0 spiro atoms. The second kappa shape index (κ2) is 7.07. The quantitative estimate of drug-likeness (QED) is 0.873. The van der Waals surface area contributed by atoms with E-state index in [0.29, 0.717) is 12.6 Å². The lowest BCUT2D eigenvalue weighted by atomic mass is 10.0. The van der Waals surface area contributed by atoms with E-state index in [1.807, 2.05) is 18.2 Å². The Balaban J connectivity index is 1.83. The fourth-order valence-electron chi connectivity index (χ4n) is 2.75.